The quantitative estimate of drug-likeness (QED) is 0.800. The zero-order valence-electron chi connectivity index (χ0n) is 13.0. The van der Waals surface area contributed by atoms with Gasteiger partial charge in [-0.1, -0.05) is 19.8 Å². The fourth-order valence-electron chi connectivity index (χ4n) is 2.70. The highest BCUT2D eigenvalue weighted by molar-refractivity contribution is 7.11. The summed E-state index contributed by atoms with van der Waals surface area (Å²) >= 11 is 1.61. The standard InChI is InChI=1S/C15H25N3O2S/c1-10-11(2)21-13(18-10)8-16-14(20)17-9-15(3)7-5-4-6-12(15)19/h12,19H,4-9H2,1-3H3,(H2,16,17,20). The highest BCUT2D eigenvalue weighted by Gasteiger charge is 2.35. The molecule has 0 bridgehead atoms. The van der Waals surface area contributed by atoms with Crippen LogP contribution in [0, 0.1) is 19.3 Å². The number of nitrogens with zero attached hydrogens (tertiary/aromatic N) is 1. The number of aryl methyl sites for hydroxylation is 2. The Bertz CT molecular complexity index is 484. The largest absolute Gasteiger partial charge is 0.392 e. The number of aliphatic hydroxyl groups is 1. The monoisotopic (exact) mass is 311 g/mol. The molecule has 0 radical (unpaired) electrons. The third-order valence-corrected chi connectivity index (χ3v) is 5.48. The van der Waals surface area contributed by atoms with E-state index < -0.39 is 0 Å². The maximum atomic E-state index is 11.9. The Labute approximate surface area is 130 Å². The van der Waals surface area contributed by atoms with E-state index in [0.717, 1.165) is 36.4 Å². The van der Waals surface area contributed by atoms with Crippen molar-refractivity contribution in [2.45, 2.75) is 59.1 Å². The molecule has 1 saturated carbocycles. The molecule has 0 aliphatic heterocycles. The van der Waals surface area contributed by atoms with Crippen molar-refractivity contribution in [2.24, 2.45) is 5.41 Å². The molecular weight excluding hydrogens is 286 g/mol. The lowest BCUT2D eigenvalue weighted by Gasteiger charge is -2.38. The number of aromatic nitrogens is 1. The number of carbonyl (C=O) groups is 1. The van der Waals surface area contributed by atoms with E-state index in [9.17, 15) is 9.90 Å². The van der Waals surface area contributed by atoms with E-state index >= 15 is 0 Å². The molecule has 0 saturated heterocycles. The summed E-state index contributed by atoms with van der Waals surface area (Å²) < 4.78 is 0. The summed E-state index contributed by atoms with van der Waals surface area (Å²) in [6.07, 6.45) is 3.66. The van der Waals surface area contributed by atoms with Gasteiger partial charge in [0.1, 0.15) is 5.01 Å². The molecule has 1 fully saturated rings. The minimum atomic E-state index is -0.323. The molecule has 0 spiro atoms. The van der Waals surface area contributed by atoms with Crippen LogP contribution in [-0.4, -0.2) is 28.8 Å². The van der Waals surface area contributed by atoms with Gasteiger partial charge in [0.25, 0.3) is 0 Å². The van der Waals surface area contributed by atoms with Gasteiger partial charge in [-0.3, -0.25) is 0 Å². The molecule has 21 heavy (non-hydrogen) atoms. The lowest BCUT2D eigenvalue weighted by Crippen LogP contribution is -2.47. The average Bonchev–Trinajstić information content (AvgIpc) is 2.77. The molecule has 1 aliphatic carbocycles. The summed E-state index contributed by atoms with van der Waals surface area (Å²) in [6.45, 7) is 7.01. The summed E-state index contributed by atoms with van der Waals surface area (Å²) in [6, 6.07) is -0.195. The van der Waals surface area contributed by atoms with E-state index in [1.165, 1.54) is 4.88 Å². The Morgan fingerprint density at radius 2 is 2.19 bits per heavy atom. The first-order valence-corrected chi connectivity index (χ1v) is 8.35. The zero-order chi connectivity index (χ0) is 15.5. The summed E-state index contributed by atoms with van der Waals surface area (Å²) in [7, 11) is 0. The number of thiazole rings is 1. The Morgan fingerprint density at radius 3 is 2.81 bits per heavy atom. The van der Waals surface area contributed by atoms with Crippen LogP contribution in [0.3, 0.4) is 0 Å². The number of rotatable bonds is 4. The number of hydrogen-bond donors (Lipinski definition) is 3. The van der Waals surface area contributed by atoms with Crippen LogP contribution < -0.4 is 10.6 Å². The number of carbonyl (C=O) groups excluding carboxylic acids is 1. The molecule has 2 atom stereocenters. The van der Waals surface area contributed by atoms with Gasteiger partial charge in [-0.15, -0.1) is 11.3 Å². The smallest absolute Gasteiger partial charge is 0.315 e. The third kappa shape index (κ3) is 4.17. The van der Waals surface area contributed by atoms with E-state index in [2.05, 4.69) is 15.6 Å². The van der Waals surface area contributed by atoms with Gasteiger partial charge < -0.3 is 15.7 Å². The number of amides is 2. The first-order chi connectivity index (χ1) is 9.90. The van der Waals surface area contributed by atoms with E-state index in [4.69, 9.17) is 0 Å². The third-order valence-electron chi connectivity index (χ3n) is 4.41. The van der Waals surface area contributed by atoms with Gasteiger partial charge in [-0.05, 0) is 26.7 Å². The van der Waals surface area contributed by atoms with Gasteiger partial charge in [0, 0.05) is 16.8 Å². The van der Waals surface area contributed by atoms with Crippen molar-refractivity contribution in [1.29, 1.82) is 0 Å². The Kier molecular flexibility index (Phi) is 5.22. The summed E-state index contributed by atoms with van der Waals surface area (Å²) in [5, 5.41) is 16.7. The number of aliphatic hydroxyl groups excluding tert-OH is 1. The highest BCUT2D eigenvalue weighted by Crippen LogP contribution is 2.35. The summed E-state index contributed by atoms with van der Waals surface area (Å²) in [5.74, 6) is 0. The molecule has 1 aromatic heterocycles. The van der Waals surface area contributed by atoms with Crippen molar-refractivity contribution >= 4 is 17.4 Å². The van der Waals surface area contributed by atoms with Gasteiger partial charge in [0.2, 0.25) is 0 Å². The number of urea groups is 1. The van der Waals surface area contributed by atoms with Gasteiger partial charge >= 0.3 is 6.03 Å². The Balaban J connectivity index is 1.77. The Hall–Kier alpha value is -1.14. The summed E-state index contributed by atoms with van der Waals surface area (Å²) in [4.78, 5) is 17.5. The second-order valence-electron chi connectivity index (χ2n) is 6.20. The lowest BCUT2D eigenvalue weighted by atomic mass is 9.73. The SMILES string of the molecule is Cc1nc(CNC(=O)NCC2(C)CCCCC2O)sc1C. The van der Waals surface area contributed by atoms with Crippen LogP contribution in [-0.2, 0) is 6.54 Å². The first-order valence-electron chi connectivity index (χ1n) is 7.53. The van der Waals surface area contributed by atoms with Crippen molar-refractivity contribution in [3.05, 3.63) is 15.6 Å². The van der Waals surface area contributed by atoms with Crippen LogP contribution in [0.15, 0.2) is 0 Å². The fraction of sp³-hybridized carbons (Fsp3) is 0.733. The highest BCUT2D eigenvalue weighted by atomic mass is 32.1. The predicted molar refractivity (Wildman–Crippen MR) is 84.4 cm³/mol. The van der Waals surface area contributed by atoms with Gasteiger partial charge in [0.15, 0.2) is 0 Å². The van der Waals surface area contributed by atoms with Crippen molar-refractivity contribution in [3.8, 4) is 0 Å². The van der Waals surface area contributed by atoms with Crippen LogP contribution in [0.4, 0.5) is 4.79 Å². The van der Waals surface area contributed by atoms with Crippen LogP contribution in [0.25, 0.3) is 0 Å². The molecular formula is C15H25N3O2S. The minimum Gasteiger partial charge on any atom is -0.392 e. The molecule has 1 aromatic rings. The van der Waals surface area contributed by atoms with Crippen molar-refractivity contribution in [1.82, 2.24) is 15.6 Å². The molecule has 118 valence electrons. The second kappa shape index (κ2) is 6.75. The molecule has 0 aromatic carbocycles. The van der Waals surface area contributed by atoms with Crippen molar-refractivity contribution in [3.63, 3.8) is 0 Å². The van der Waals surface area contributed by atoms with Crippen LogP contribution in [0.1, 0.15) is 48.2 Å². The maximum Gasteiger partial charge on any atom is 0.315 e. The topological polar surface area (TPSA) is 74.2 Å². The van der Waals surface area contributed by atoms with Gasteiger partial charge in [-0.2, -0.15) is 0 Å². The van der Waals surface area contributed by atoms with Crippen LogP contribution in [0.5, 0.6) is 0 Å². The van der Waals surface area contributed by atoms with Gasteiger partial charge in [0.05, 0.1) is 18.3 Å². The van der Waals surface area contributed by atoms with E-state index in [-0.39, 0.29) is 17.6 Å². The molecule has 6 heteroatoms. The zero-order valence-corrected chi connectivity index (χ0v) is 13.8. The average molecular weight is 311 g/mol. The van der Waals surface area contributed by atoms with Gasteiger partial charge in [-0.25, -0.2) is 9.78 Å². The first kappa shape index (κ1) is 16.2. The van der Waals surface area contributed by atoms with E-state index in [1.54, 1.807) is 11.3 Å². The van der Waals surface area contributed by atoms with E-state index in [0.29, 0.717) is 13.1 Å². The normalized spacial score (nSPS) is 25.6. The molecule has 2 rings (SSSR count). The molecule has 2 amide bonds. The van der Waals surface area contributed by atoms with Crippen LogP contribution in [0.2, 0.25) is 0 Å². The molecule has 2 unspecified atom stereocenters. The van der Waals surface area contributed by atoms with Crippen molar-refractivity contribution < 1.29 is 9.90 Å². The second-order valence-corrected chi connectivity index (χ2v) is 7.49. The molecule has 1 heterocycles. The minimum absolute atomic E-state index is 0.195. The van der Waals surface area contributed by atoms with Crippen LogP contribution >= 0.6 is 11.3 Å². The maximum absolute atomic E-state index is 11.9. The molecule has 3 N–H and O–H groups in total. The lowest BCUT2D eigenvalue weighted by molar-refractivity contribution is 0.00309. The number of hydrogen-bond acceptors (Lipinski definition) is 4. The molecule has 1 aliphatic rings. The fourth-order valence-corrected chi connectivity index (χ4v) is 3.58. The predicted octanol–water partition coefficient (Wildman–Crippen LogP) is 2.50. The Morgan fingerprint density at radius 1 is 1.43 bits per heavy atom. The summed E-state index contributed by atoms with van der Waals surface area (Å²) in [5.41, 5.74) is 0.819. The molecule has 5 nitrogen and oxygen atoms in total. The number of nitrogens with one attached hydrogen (secondary N) is 2. The van der Waals surface area contributed by atoms with Crippen molar-refractivity contribution in [2.75, 3.05) is 6.54 Å². The van der Waals surface area contributed by atoms with E-state index in [1.807, 2.05) is 20.8 Å².